The molecule has 1 saturated heterocycles. The van der Waals surface area contributed by atoms with Gasteiger partial charge in [-0.1, -0.05) is 33.6 Å². The number of piperazine rings is 1. The minimum absolute atomic E-state index is 0.263. The Morgan fingerprint density at radius 1 is 1.29 bits per heavy atom. The minimum atomic E-state index is -2.87. The predicted molar refractivity (Wildman–Crippen MR) is 88.3 cm³/mol. The second-order valence-corrected chi connectivity index (χ2v) is 9.83. The second-order valence-electron chi connectivity index (χ2n) is 7.36. The van der Waals surface area contributed by atoms with E-state index in [1.165, 1.54) is 25.7 Å². The van der Waals surface area contributed by atoms with E-state index in [-0.39, 0.29) is 11.3 Å². The van der Waals surface area contributed by atoms with Crippen molar-refractivity contribution in [2.24, 2.45) is 5.92 Å². The fourth-order valence-corrected chi connectivity index (χ4v) is 4.66. The van der Waals surface area contributed by atoms with E-state index in [4.69, 9.17) is 0 Å². The molecular formula is C16H32N2O2S. The average Bonchev–Trinajstić information content (AvgIpc) is 2.87. The third kappa shape index (κ3) is 4.67. The van der Waals surface area contributed by atoms with Gasteiger partial charge in [0.1, 0.15) is 0 Å². The smallest absolute Gasteiger partial charge is 0.151 e. The van der Waals surface area contributed by atoms with Crippen LogP contribution in [0.15, 0.2) is 0 Å². The van der Waals surface area contributed by atoms with Gasteiger partial charge in [-0.15, -0.1) is 0 Å². The first-order valence-corrected chi connectivity index (χ1v) is 10.4. The van der Waals surface area contributed by atoms with Crippen molar-refractivity contribution in [2.75, 3.05) is 31.1 Å². The number of nitrogens with zero attached hydrogens (tertiary/aromatic N) is 1. The molecule has 0 amide bonds. The van der Waals surface area contributed by atoms with Gasteiger partial charge in [0.05, 0.1) is 5.75 Å². The molecule has 0 aromatic carbocycles. The first-order chi connectivity index (χ1) is 9.86. The lowest BCUT2D eigenvalue weighted by Crippen LogP contribution is -2.63. The molecule has 0 aromatic heterocycles. The lowest BCUT2D eigenvalue weighted by Gasteiger charge is -2.47. The Kier molecular flexibility index (Phi) is 5.71. The highest BCUT2D eigenvalue weighted by Gasteiger charge is 2.41. The summed E-state index contributed by atoms with van der Waals surface area (Å²) in [7, 11) is -2.87. The van der Waals surface area contributed by atoms with Crippen LogP contribution in [-0.4, -0.2) is 56.0 Å². The zero-order valence-electron chi connectivity index (χ0n) is 13.9. The molecule has 1 saturated carbocycles. The van der Waals surface area contributed by atoms with Crippen LogP contribution in [0.3, 0.4) is 0 Å². The minimum Gasteiger partial charge on any atom is -0.308 e. The van der Waals surface area contributed by atoms with E-state index < -0.39 is 9.84 Å². The van der Waals surface area contributed by atoms with Crippen molar-refractivity contribution < 1.29 is 8.42 Å². The molecule has 0 bridgehead atoms. The van der Waals surface area contributed by atoms with E-state index in [9.17, 15) is 8.42 Å². The highest BCUT2D eigenvalue weighted by atomic mass is 32.2. The van der Waals surface area contributed by atoms with E-state index >= 15 is 0 Å². The lowest BCUT2D eigenvalue weighted by atomic mass is 9.90. The quantitative estimate of drug-likeness (QED) is 0.815. The zero-order chi connectivity index (χ0) is 15.5. The molecule has 1 heterocycles. The second kappa shape index (κ2) is 6.97. The van der Waals surface area contributed by atoms with Gasteiger partial charge >= 0.3 is 0 Å². The maximum Gasteiger partial charge on any atom is 0.151 e. The van der Waals surface area contributed by atoms with Crippen LogP contribution >= 0.6 is 0 Å². The van der Waals surface area contributed by atoms with Crippen LogP contribution < -0.4 is 5.32 Å². The van der Waals surface area contributed by atoms with E-state index in [0.29, 0.717) is 24.3 Å². The van der Waals surface area contributed by atoms with Gasteiger partial charge in [-0.05, 0) is 25.2 Å². The topological polar surface area (TPSA) is 49.4 Å². The molecule has 2 fully saturated rings. The summed E-state index contributed by atoms with van der Waals surface area (Å²) < 4.78 is 23.7. The number of sulfone groups is 1. The Bertz CT molecular complexity index is 428. The first-order valence-electron chi connectivity index (χ1n) is 8.55. The van der Waals surface area contributed by atoms with Gasteiger partial charge in [0.15, 0.2) is 9.84 Å². The molecule has 1 unspecified atom stereocenters. The van der Waals surface area contributed by atoms with Crippen molar-refractivity contribution in [3.05, 3.63) is 0 Å². The molecule has 0 aromatic rings. The summed E-state index contributed by atoms with van der Waals surface area (Å²) in [5.41, 5.74) is 0.267. The van der Waals surface area contributed by atoms with Gasteiger partial charge in [0, 0.05) is 37.0 Å². The van der Waals surface area contributed by atoms with Gasteiger partial charge in [-0.3, -0.25) is 4.90 Å². The molecule has 1 aliphatic carbocycles. The molecule has 2 aliphatic rings. The Labute approximate surface area is 130 Å². The molecular weight excluding hydrogens is 284 g/mol. The standard InChI is InChI=1S/C16H32N2O2S/c1-4-21(19,20)10-9-18-13-16(7-5-6-8-16)17-12-15(18)11-14(2)3/h14-15,17H,4-13H2,1-3H3. The van der Waals surface area contributed by atoms with Crippen molar-refractivity contribution in [2.45, 2.75) is 64.5 Å². The summed E-state index contributed by atoms with van der Waals surface area (Å²) in [5, 5.41) is 3.80. The molecule has 1 aliphatic heterocycles. The van der Waals surface area contributed by atoms with E-state index in [2.05, 4.69) is 24.1 Å². The first kappa shape index (κ1) is 17.2. The summed E-state index contributed by atoms with van der Waals surface area (Å²) in [6, 6.07) is 0.489. The maximum atomic E-state index is 11.8. The summed E-state index contributed by atoms with van der Waals surface area (Å²) in [6.45, 7) is 9.00. The molecule has 0 radical (unpaired) electrons. The van der Waals surface area contributed by atoms with E-state index in [1.807, 2.05) is 0 Å². The van der Waals surface area contributed by atoms with Crippen LogP contribution in [0.1, 0.15) is 52.9 Å². The molecule has 124 valence electrons. The summed E-state index contributed by atoms with van der Waals surface area (Å²) >= 11 is 0. The average molecular weight is 317 g/mol. The van der Waals surface area contributed by atoms with E-state index in [0.717, 1.165) is 19.5 Å². The van der Waals surface area contributed by atoms with Crippen molar-refractivity contribution in [1.29, 1.82) is 0 Å². The maximum absolute atomic E-state index is 11.8. The summed E-state index contributed by atoms with van der Waals surface area (Å²) in [6.07, 6.45) is 6.26. The highest BCUT2D eigenvalue weighted by molar-refractivity contribution is 7.91. The third-order valence-corrected chi connectivity index (χ3v) is 6.85. The lowest BCUT2D eigenvalue weighted by molar-refractivity contribution is 0.0749. The van der Waals surface area contributed by atoms with Crippen molar-refractivity contribution in [3.8, 4) is 0 Å². The normalized spacial score (nSPS) is 26.8. The van der Waals surface area contributed by atoms with Gasteiger partial charge in [-0.2, -0.15) is 0 Å². The van der Waals surface area contributed by atoms with Gasteiger partial charge < -0.3 is 5.32 Å². The van der Waals surface area contributed by atoms with Gasteiger partial charge in [0.25, 0.3) is 0 Å². The number of nitrogens with one attached hydrogen (secondary N) is 1. The molecule has 4 nitrogen and oxygen atoms in total. The van der Waals surface area contributed by atoms with Crippen LogP contribution in [0.25, 0.3) is 0 Å². The third-order valence-electron chi connectivity index (χ3n) is 5.17. The Balaban J connectivity index is 2.01. The molecule has 5 heteroatoms. The van der Waals surface area contributed by atoms with E-state index in [1.54, 1.807) is 6.92 Å². The highest BCUT2D eigenvalue weighted by Crippen LogP contribution is 2.34. The van der Waals surface area contributed by atoms with Crippen LogP contribution in [0.2, 0.25) is 0 Å². The Morgan fingerprint density at radius 3 is 2.52 bits per heavy atom. The van der Waals surface area contributed by atoms with Gasteiger partial charge in [-0.25, -0.2) is 8.42 Å². The number of rotatable bonds is 6. The SMILES string of the molecule is CCS(=O)(=O)CCN1CC2(CCCC2)NCC1CC(C)C. The van der Waals surface area contributed by atoms with Crippen LogP contribution in [0.5, 0.6) is 0 Å². The predicted octanol–water partition coefficient (Wildman–Crippen LogP) is 2.05. The number of hydrogen-bond acceptors (Lipinski definition) is 4. The van der Waals surface area contributed by atoms with Crippen LogP contribution in [0.4, 0.5) is 0 Å². The Morgan fingerprint density at radius 2 is 1.95 bits per heavy atom. The molecule has 1 spiro atoms. The molecule has 1 atom stereocenters. The van der Waals surface area contributed by atoms with Crippen LogP contribution in [0, 0.1) is 5.92 Å². The van der Waals surface area contributed by atoms with Gasteiger partial charge in [0.2, 0.25) is 0 Å². The van der Waals surface area contributed by atoms with Crippen molar-refractivity contribution >= 4 is 9.84 Å². The zero-order valence-corrected chi connectivity index (χ0v) is 14.7. The largest absolute Gasteiger partial charge is 0.308 e. The molecule has 2 rings (SSSR count). The van der Waals surface area contributed by atoms with Crippen molar-refractivity contribution in [3.63, 3.8) is 0 Å². The number of hydrogen-bond donors (Lipinski definition) is 1. The monoisotopic (exact) mass is 316 g/mol. The fraction of sp³-hybridized carbons (Fsp3) is 1.00. The van der Waals surface area contributed by atoms with Crippen molar-refractivity contribution in [1.82, 2.24) is 10.2 Å². The molecule has 21 heavy (non-hydrogen) atoms. The summed E-state index contributed by atoms with van der Waals surface area (Å²) in [5.74, 6) is 1.23. The fourth-order valence-electron chi connectivity index (χ4n) is 3.86. The molecule has 1 N–H and O–H groups in total. The summed E-state index contributed by atoms with van der Waals surface area (Å²) in [4.78, 5) is 2.47. The van der Waals surface area contributed by atoms with Crippen LogP contribution in [-0.2, 0) is 9.84 Å². The Hall–Kier alpha value is -0.130.